The molecule has 1 nitrogen and oxygen atoms in total. The van der Waals surface area contributed by atoms with Gasteiger partial charge in [0.25, 0.3) is 0 Å². The predicted molar refractivity (Wildman–Crippen MR) is 51.9 cm³/mol. The van der Waals surface area contributed by atoms with Gasteiger partial charge in [0.05, 0.1) is 0 Å². The molecule has 0 aromatic carbocycles. The van der Waals surface area contributed by atoms with Crippen molar-refractivity contribution in [2.75, 3.05) is 0 Å². The van der Waals surface area contributed by atoms with Crippen molar-refractivity contribution in [2.45, 2.75) is 13.0 Å². The number of thiophene rings is 1. The Bertz CT molecular complexity index is 199. The average Bonchev–Trinajstić information content (AvgIpc) is 2.14. The van der Waals surface area contributed by atoms with Crippen LogP contribution in [0.5, 0.6) is 0 Å². The fraction of sp³-hybridized carbons (Fsp3) is 0.333. The van der Waals surface area contributed by atoms with Crippen molar-refractivity contribution in [3.63, 3.8) is 0 Å². The first-order valence-corrected chi connectivity index (χ1v) is 4.37. The van der Waals surface area contributed by atoms with Crippen LogP contribution in [-0.4, -0.2) is 0 Å². The van der Waals surface area contributed by atoms with E-state index in [-0.39, 0.29) is 18.4 Å². The Kier molecular flexibility index (Phi) is 4.52. The molecule has 1 rings (SSSR count). The van der Waals surface area contributed by atoms with Crippen LogP contribution in [0.2, 0.25) is 0 Å². The van der Waals surface area contributed by atoms with E-state index in [0.717, 1.165) is 4.47 Å². The zero-order valence-corrected chi connectivity index (χ0v) is 8.72. The smallest absolute Gasteiger partial charge is 0.0361 e. The molecule has 1 aromatic rings. The van der Waals surface area contributed by atoms with E-state index in [2.05, 4.69) is 22.0 Å². The summed E-state index contributed by atoms with van der Waals surface area (Å²) in [5.74, 6) is 0. The van der Waals surface area contributed by atoms with Gasteiger partial charge in [0.15, 0.2) is 0 Å². The van der Waals surface area contributed by atoms with Crippen LogP contribution < -0.4 is 5.73 Å². The van der Waals surface area contributed by atoms with E-state index in [0.29, 0.717) is 0 Å². The zero-order valence-electron chi connectivity index (χ0n) is 5.50. The van der Waals surface area contributed by atoms with Crippen LogP contribution >= 0.6 is 39.7 Å². The van der Waals surface area contributed by atoms with Crippen molar-refractivity contribution >= 4 is 39.7 Å². The number of nitrogens with two attached hydrogens (primary N) is 1. The van der Waals surface area contributed by atoms with Gasteiger partial charge in [0, 0.05) is 20.8 Å². The van der Waals surface area contributed by atoms with Gasteiger partial charge in [-0.05, 0) is 28.9 Å². The Hall–Kier alpha value is 0.430. The molecule has 0 aliphatic carbocycles. The van der Waals surface area contributed by atoms with E-state index >= 15 is 0 Å². The molecule has 58 valence electrons. The van der Waals surface area contributed by atoms with Crippen molar-refractivity contribution in [3.05, 3.63) is 20.8 Å². The second-order valence-corrected chi connectivity index (χ2v) is 3.81. The summed E-state index contributed by atoms with van der Waals surface area (Å²) >= 11 is 5.04. The van der Waals surface area contributed by atoms with Crippen molar-refractivity contribution in [2.24, 2.45) is 5.73 Å². The van der Waals surface area contributed by atoms with Gasteiger partial charge in [-0.15, -0.1) is 23.7 Å². The lowest BCUT2D eigenvalue weighted by Gasteiger charge is -1.96. The summed E-state index contributed by atoms with van der Waals surface area (Å²) in [5.41, 5.74) is 5.62. The topological polar surface area (TPSA) is 26.0 Å². The molecular formula is C6H9BrClNS. The van der Waals surface area contributed by atoms with E-state index in [1.54, 1.807) is 11.3 Å². The van der Waals surface area contributed by atoms with Crippen LogP contribution in [0.25, 0.3) is 0 Å². The SMILES string of the molecule is C[C@@H](N)c1cc(Br)cs1.Cl. The van der Waals surface area contributed by atoms with Gasteiger partial charge in [-0.3, -0.25) is 0 Å². The minimum Gasteiger partial charge on any atom is -0.324 e. The molecule has 0 saturated heterocycles. The van der Waals surface area contributed by atoms with E-state index in [1.807, 2.05) is 12.3 Å². The molecule has 0 amide bonds. The van der Waals surface area contributed by atoms with Crippen molar-refractivity contribution in [1.82, 2.24) is 0 Å². The molecule has 0 fully saturated rings. The summed E-state index contributed by atoms with van der Waals surface area (Å²) in [6.45, 7) is 1.98. The molecule has 0 saturated carbocycles. The van der Waals surface area contributed by atoms with Crippen LogP contribution in [0, 0.1) is 0 Å². The quantitative estimate of drug-likeness (QED) is 0.805. The molecule has 1 heterocycles. The molecule has 1 atom stereocenters. The van der Waals surface area contributed by atoms with Gasteiger partial charge < -0.3 is 5.73 Å². The highest BCUT2D eigenvalue weighted by atomic mass is 79.9. The highest BCUT2D eigenvalue weighted by Crippen LogP contribution is 2.23. The molecule has 0 bridgehead atoms. The number of halogens is 2. The Morgan fingerprint density at radius 2 is 2.30 bits per heavy atom. The van der Waals surface area contributed by atoms with E-state index in [9.17, 15) is 0 Å². The molecule has 0 radical (unpaired) electrons. The Balaban J connectivity index is 0.000000810. The first-order valence-electron chi connectivity index (χ1n) is 2.69. The van der Waals surface area contributed by atoms with Crippen LogP contribution in [0.1, 0.15) is 17.8 Å². The maximum Gasteiger partial charge on any atom is 0.0361 e. The van der Waals surface area contributed by atoms with Crippen LogP contribution in [0.3, 0.4) is 0 Å². The third kappa shape index (κ3) is 2.58. The Labute approximate surface area is 79.2 Å². The van der Waals surface area contributed by atoms with E-state index < -0.39 is 0 Å². The number of rotatable bonds is 1. The van der Waals surface area contributed by atoms with Crippen molar-refractivity contribution in [3.8, 4) is 0 Å². The minimum atomic E-state index is 0. The van der Waals surface area contributed by atoms with Gasteiger partial charge in [-0.25, -0.2) is 0 Å². The van der Waals surface area contributed by atoms with Gasteiger partial charge in [-0.2, -0.15) is 0 Å². The molecular weight excluding hydrogens is 233 g/mol. The Morgan fingerprint density at radius 3 is 2.50 bits per heavy atom. The summed E-state index contributed by atoms with van der Waals surface area (Å²) in [7, 11) is 0. The first-order chi connectivity index (χ1) is 4.20. The maximum absolute atomic E-state index is 5.62. The molecule has 0 aliphatic rings. The summed E-state index contributed by atoms with van der Waals surface area (Å²) in [4.78, 5) is 1.22. The molecule has 4 heteroatoms. The van der Waals surface area contributed by atoms with Crippen LogP contribution in [0.4, 0.5) is 0 Å². The second-order valence-electron chi connectivity index (χ2n) is 1.96. The van der Waals surface area contributed by atoms with Crippen molar-refractivity contribution < 1.29 is 0 Å². The van der Waals surface area contributed by atoms with Crippen LogP contribution in [0.15, 0.2) is 15.9 Å². The highest BCUT2D eigenvalue weighted by molar-refractivity contribution is 9.10. The minimum absolute atomic E-state index is 0. The molecule has 10 heavy (non-hydrogen) atoms. The number of hydrogen-bond acceptors (Lipinski definition) is 2. The molecule has 0 unspecified atom stereocenters. The highest BCUT2D eigenvalue weighted by Gasteiger charge is 2.00. The van der Waals surface area contributed by atoms with Crippen molar-refractivity contribution in [1.29, 1.82) is 0 Å². The predicted octanol–water partition coefficient (Wildman–Crippen LogP) is 2.95. The third-order valence-corrected chi connectivity index (χ3v) is 2.93. The summed E-state index contributed by atoms with van der Waals surface area (Å²) < 4.78 is 1.12. The summed E-state index contributed by atoms with van der Waals surface area (Å²) in [6, 6.07) is 2.22. The Morgan fingerprint density at radius 1 is 1.70 bits per heavy atom. The van der Waals surface area contributed by atoms with E-state index in [1.165, 1.54) is 4.88 Å². The molecule has 2 N–H and O–H groups in total. The number of hydrogen-bond donors (Lipinski definition) is 1. The monoisotopic (exact) mass is 241 g/mol. The molecule has 0 aliphatic heterocycles. The van der Waals surface area contributed by atoms with Gasteiger partial charge >= 0.3 is 0 Å². The lowest BCUT2D eigenvalue weighted by atomic mass is 10.3. The van der Waals surface area contributed by atoms with Gasteiger partial charge in [0.2, 0.25) is 0 Å². The average molecular weight is 243 g/mol. The zero-order chi connectivity index (χ0) is 6.85. The fourth-order valence-corrected chi connectivity index (χ4v) is 1.97. The summed E-state index contributed by atoms with van der Waals surface area (Å²) in [5, 5.41) is 2.04. The van der Waals surface area contributed by atoms with Gasteiger partial charge in [0.1, 0.15) is 0 Å². The molecule has 0 spiro atoms. The lowest BCUT2D eigenvalue weighted by Crippen LogP contribution is -2.01. The largest absolute Gasteiger partial charge is 0.324 e. The van der Waals surface area contributed by atoms with Crippen LogP contribution in [-0.2, 0) is 0 Å². The standard InChI is InChI=1S/C6H8BrNS.ClH/c1-4(8)6-2-5(7)3-9-6;/h2-4H,8H2,1H3;1H/t4-;/m1./s1. The maximum atomic E-state index is 5.62. The first kappa shape index (κ1) is 10.4. The summed E-state index contributed by atoms with van der Waals surface area (Å²) in [6.07, 6.45) is 0. The fourth-order valence-electron chi connectivity index (χ4n) is 0.567. The normalized spacial score (nSPS) is 12.3. The second kappa shape index (κ2) is 4.34. The van der Waals surface area contributed by atoms with Gasteiger partial charge in [-0.1, -0.05) is 0 Å². The lowest BCUT2D eigenvalue weighted by molar-refractivity contribution is 0.838. The third-order valence-electron chi connectivity index (χ3n) is 1.04. The van der Waals surface area contributed by atoms with E-state index in [4.69, 9.17) is 5.73 Å². The molecule has 1 aromatic heterocycles.